The Morgan fingerprint density at radius 1 is 1.13 bits per heavy atom. The van der Waals surface area contributed by atoms with Gasteiger partial charge in [0.05, 0.1) is 18.2 Å². The zero-order valence-corrected chi connectivity index (χ0v) is 16.9. The quantitative estimate of drug-likeness (QED) is 0.621. The van der Waals surface area contributed by atoms with Crippen LogP contribution in [0.15, 0.2) is 48.5 Å². The highest BCUT2D eigenvalue weighted by atomic mass is 35.5. The summed E-state index contributed by atoms with van der Waals surface area (Å²) in [7, 11) is 0. The van der Waals surface area contributed by atoms with Crippen LogP contribution in [0.25, 0.3) is 0 Å². The van der Waals surface area contributed by atoms with E-state index in [0.717, 1.165) is 24.1 Å². The first-order valence-corrected chi connectivity index (χ1v) is 9.94. The lowest BCUT2D eigenvalue weighted by atomic mass is 10.2. The van der Waals surface area contributed by atoms with Crippen molar-refractivity contribution < 1.29 is 18.0 Å². The summed E-state index contributed by atoms with van der Waals surface area (Å²) >= 11 is 5.93. The summed E-state index contributed by atoms with van der Waals surface area (Å²) in [6.45, 7) is 0.912. The van der Waals surface area contributed by atoms with Crippen molar-refractivity contribution in [2.45, 2.75) is 31.6 Å². The molecule has 0 aliphatic carbocycles. The number of alkyl halides is 3. The molecule has 7 nitrogen and oxygen atoms in total. The molecule has 1 fully saturated rings. The number of aromatic nitrogens is 4. The summed E-state index contributed by atoms with van der Waals surface area (Å²) in [6, 6.07) is 10.9. The molecular weight excluding hydrogens is 433 g/mol. The van der Waals surface area contributed by atoms with Gasteiger partial charge in [-0.15, -0.1) is 5.10 Å². The molecule has 2 aromatic carbocycles. The molecule has 1 aliphatic heterocycles. The molecule has 0 radical (unpaired) electrons. The first-order valence-electron chi connectivity index (χ1n) is 9.56. The Morgan fingerprint density at radius 2 is 1.84 bits per heavy atom. The zero-order chi connectivity index (χ0) is 22.0. The lowest BCUT2D eigenvalue weighted by Gasteiger charge is -2.24. The van der Waals surface area contributed by atoms with E-state index in [1.54, 1.807) is 21.7 Å². The topological polar surface area (TPSA) is 75.9 Å². The molecule has 11 heteroatoms. The van der Waals surface area contributed by atoms with Gasteiger partial charge in [0.25, 0.3) is 0 Å². The second kappa shape index (κ2) is 8.54. The number of nitrogens with one attached hydrogen (secondary N) is 1. The van der Waals surface area contributed by atoms with E-state index in [-0.39, 0.29) is 11.7 Å². The number of rotatable bonds is 4. The van der Waals surface area contributed by atoms with Gasteiger partial charge in [-0.05, 0) is 65.2 Å². The third-order valence-corrected chi connectivity index (χ3v) is 5.33. The van der Waals surface area contributed by atoms with Crippen LogP contribution in [0.4, 0.5) is 23.7 Å². The number of carbonyl (C=O) groups is 1. The summed E-state index contributed by atoms with van der Waals surface area (Å²) in [6.07, 6.45) is -2.98. The van der Waals surface area contributed by atoms with Crippen LogP contribution in [0.5, 0.6) is 0 Å². The highest BCUT2D eigenvalue weighted by Gasteiger charge is 2.34. The summed E-state index contributed by atoms with van der Waals surface area (Å²) in [5.41, 5.74) is 0.465. The maximum Gasteiger partial charge on any atom is 0.416 e. The third-order valence-electron chi connectivity index (χ3n) is 5.08. The Kier molecular flexibility index (Phi) is 5.81. The standard InChI is InChI=1S/C20H18ClF3N6O/c21-15-7-3-13(4-8-15)12-30-18(26-27-28-30)17-2-1-11-29(17)19(31)25-16-9-5-14(6-10-16)20(22,23)24/h3-10,17H,1-2,11-12H2,(H,25,31)/t17-/m1/s1. The lowest BCUT2D eigenvalue weighted by molar-refractivity contribution is -0.137. The summed E-state index contributed by atoms with van der Waals surface area (Å²) < 4.78 is 39.8. The van der Waals surface area contributed by atoms with Gasteiger partial charge in [0.1, 0.15) is 0 Å². The SMILES string of the molecule is O=C(Nc1ccc(C(F)(F)F)cc1)N1CCC[C@@H]1c1nnnn1Cc1ccc(Cl)cc1. The average Bonchev–Trinajstić information content (AvgIpc) is 3.38. The Hall–Kier alpha value is -3.14. The number of hydrogen-bond donors (Lipinski definition) is 1. The number of nitrogens with zero attached hydrogens (tertiary/aromatic N) is 5. The molecule has 162 valence electrons. The normalized spacial score (nSPS) is 16.5. The maximum absolute atomic E-state index is 12.8. The molecule has 1 N–H and O–H groups in total. The summed E-state index contributed by atoms with van der Waals surface area (Å²) in [5, 5.41) is 15.2. The van der Waals surface area contributed by atoms with Crippen molar-refractivity contribution in [1.82, 2.24) is 25.1 Å². The van der Waals surface area contributed by atoms with Crippen molar-refractivity contribution >= 4 is 23.3 Å². The molecule has 2 heterocycles. The van der Waals surface area contributed by atoms with Crippen molar-refractivity contribution in [3.05, 3.63) is 70.5 Å². The smallest absolute Gasteiger partial charge is 0.314 e. The molecule has 0 unspecified atom stereocenters. The minimum atomic E-state index is -4.43. The van der Waals surface area contributed by atoms with Crippen LogP contribution in [-0.4, -0.2) is 37.7 Å². The van der Waals surface area contributed by atoms with Crippen LogP contribution >= 0.6 is 11.6 Å². The highest BCUT2D eigenvalue weighted by Crippen LogP contribution is 2.32. The highest BCUT2D eigenvalue weighted by molar-refractivity contribution is 6.30. The molecule has 2 amide bonds. The number of halogens is 4. The van der Waals surface area contributed by atoms with Crippen molar-refractivity contribution in [3.63, 3.8) is 0 Å². The first-order chi connectivity index (χ1) is 14.8. The second-order valence-corrected chi connectivity index (χ2v) is 7.61. The molecule has 0 bridgehead atoms. The fourth-order valence-corrected chi connectivity index (χ4v) is 3.67. The molecule has 1 aliphatic rings. The molecule has 1 atom stereocenters. The van der Waals surface area contributed by atoms with E-state index in [0.29, 0.717) is 30.4 Å². The van der Waals surface area contributed by atoms with Crippen molar-refractivity contribution in [3.8, 4) is 0 Å². The Labute approximate surface area is 180 Å². The van der Waals surface area contributed by atoms with Gasteiger partial charge in [-0.3, -0.25) is 0 Å². The zero-order valence-electron chi connectivity index (χ0n) is 16.2. The van der Waals surface area contributed by atoms with Crippen LogP contribution in [-0.2, 0) is 12.7 Å². The van der Waals surface area contributed by atoms with E-state index in [2.05, 4.69) is 20.8 Å². The van der Waals surface area contributed by atoms with Crippen LogP contribution in [0.2, 0.25) is 5.02 Å². The molecule has 1 saturated heterocycles. The first kappa shape index (κ1) is 21.1. The largest absolute Gasteiger partial charge is 0.416 e. The number of hydrogen-bond acceptors (Lipinski definition) is 4. The van der Waals surface area contributed by atoms with Gasteiger partial charge in [-0.2, -0.15) is 13.2 Å². The van der Waals surface area contributed by atoms with Crippen molar-refractivity contribution in [2.24, 2.45) is 0 Å². The van der Waals surface area contributed by atoms with E-state index in [1.807, 2.05) is 12.1 Å². The fraction of sp³-hybridized carbons (Fsp3) is 0.300. The Balaban J connectivity index is 1.47. The lowest BCUT2D eigenvalue weighted by Crippen LogP contribution is -2.35. The number of carbonyl (C=O) groups excluding carboxylic acids is 1. The molecule has 4 rings (SSSR count). The minimum absolute atomic E-state index is 0.282. The summed E-state index contributed by atoms with van der Waals surface area (Å²) in [4.78, 5) is 14.4. The van der Waals surface area contributed by atoms with E-state index in [9.17, 15) is 18.0 Å². The number of urea groups is 1. The van der Waals surface area contributed by atoms with Crippen LogP contribution in [0.1, 0.15) is 35.8 Å². The third kappa shape index (κ3) is 4.79. The van der Waals surface area contributed by atoms with Crippen molar-refractivity contribution in [1.29, 1.82) is 0 Å². The van der Waals surface area contributed by atoms with Gasteiger partial charge < -0.3 is 10.2 Å². The van der Waals surface area contributed by atoms with Gasteiger partial charge in [0.15, 0.2) is 5.82 Å². The maximum atomic E-state index is 12.8. The van der Waals surface area contributed by atoms with Gasteiger partial charge in [-0.1, -0.05) is 23.7 Å². The van der Waals surface area contributed by atoms with Crippen LogP contribution < -0.4 is 5.32 Å². The monoisotopic (exact) mass is 450 g/mol. The number of anilines is 1. The van der Waals surface area contributed by atoms with E-state index in [4.69, 9.17) is 11.6 Å². The molecular formula is C20H18ClF3N6O. The molecule has 0 saturated carbocycles. The second-order valence-electron chi connectivity index (χ2n) is 7.18. The van der Waals surface area contributed by atoms with Crippen LogP contribution in [0.3, 0.4) is 0 Å². The van der Waals surface area contributed by atoms with E-state index in [1.165, 1.54) is 12.1 Å². The van der Waals surface area contributed by atoms with Crippen LogP contribution in [0, 0.1) is 0 Å². The van der Waals surface area contributed by atoms with Gasteiger partial charge >= 0.3 is 12.2 Å². The Bertz CT molecular complexity index is 1050. The fourth-order valence-electron chi connectivity index (χ4n) is 3.54. The number of benzene rings is 2. The predicted octanol–water partition coefficient (Wildman–Crippen LogP) is 4.76. The number of amides is 2. The average molecular weight is 451 g/mol. The van der Waals surface area contributed by atoms with E-state index < -0.39 is 17.8 Å². The Morgan fingerprint density at radius 3 is 2.52 bits per heavy atom. The van der Waals surface area contributed by atoms with Crippen molar-refractivity contribution in [2.75, 3.05) is 11.9 Å². The van der Waals surface area contributed by atoms with E-state index >= 15 is 0 Å². The predicted molar refractivity (Wildman–Crippen MR) is 108 cm³/mol. The van der Waals surface area contributed by atoms with Gasteiger partial charge in [0.2, 0.25) is 0 Å². The number of tetrazole rings is 1. The number of likely N-dealkylation sites (tertiary alicyclic amines) is 1. The molecule has 31 heavy (non-hydrogen) atoms. The van der Waals surface area contributed by atoms with Gasteiger partial charge in [-0.25, -0.2) is 9.48 Å². The molecule has 0 spiro atoms. The van der Waals surface area contributed by atoms with Gasteiger partial charge in [0, 0.05) is 17.3 Å². The summed E-state index contributed by atoms with van der Waals surface area (Å²) in [5.74, 6) is 0.551. The minimum Gasteiger partial charge on any atom is -0.314 e. The molecule has 1 aromatic heterocycles. The molecule has 3 aromatic rings.